The Balaban J connectivity index is 1.65. The molecule has 0 bridgehead atoms. The van der Waals surface area contributed by atoms with E-state index in [9.17, 15) is 9.59 Å². The van der Waals surface area contributed by atoms with Crippen molar-refractivity contribution in [1.29, 1.82) is 0 Å². The van der Waals surface area contributed by atoms with Crippen molar-refractivity contribution in [2.45, 2.75) is 19.9 Å². The second-order valence-electron chi connectivity index (χ2n) is 5.90. The quantitative estimate of drug-likeness (QED) is 0.557. The maximum absolute atomic E-state index is 12.1. The number of carbonyl (C=O) groups excluding carboxylic acids is 1. The first-order valence-corrected chi connectivity index (χ1v) is 8.99. The van der Waals surface area contributed by atoms with Crippen LogP contribution in [0.15, 0.2) is 51.8 Å². The molecule has 0 atom stereocenters. The third kappa shape index (κ3) is 5.10. The molecule has 0 spiro atoms. The molecule has 0 fully saturated rings. The van der Waals surface area contributed by atoms with Gasteiger partial charge in [-0.3, -0.25) is 9.59 Å². The number of rotatable bonds is 9. The van der Waals surface area contributed by atoms with E-state index in [0.29, 0.717) is 31.9 Å². The molecule has 1 amide bonds. The van der Waals surface area contributed by atoms with E-state index in [1.165, 1.54) is 10.7 Å². The maximum Gasteiger partial charge on any atom is 0.316 e. The van der Waals surface area contributed by atoms with Crippen LogP contribution < -0.4 is 10.9 Å². The van der Waals surface area contributed by atoms with E-state index in [1.54, 1.807) is 6.07 Å². The van der Waals surface area contributed by atoms with Crippen LogP contribution in [0.4, 0.5) is 0 Å². The first-order valence-electron chi connectivity index (χ1n) is 8.99. The smallest absolute Gasteiger partial charge is 0.316 e. The van der Waals surface area contributed by atoms with E-state index in [0.717, 1.165) is 5.56 Å². The van der Waals surface area contributed by atoms with Gasteiger partial charge in [0.1, 0.15) is 6.54 Å². The average Bonchev–Trinajstić information content (AvgIpc) is 3.19. The standard InChI is InChI=1S/C19H21N5O4/c1-2-27-12-6-11-20-18(26)19-21-16(23-28-19)13-24-17(25)10-9-15(22-24)14-7-4-3-5-8-14/h3-5,7-10H,2,6,11-13H2,1H3,(H,20,26). The largest absolute Gasteiger partial charge is 0.382 e. The van der Waals surface area contributed by atoms with Crippen molar-refractivity contribution in [3.05, 3.63) is 64.5 Å². The summed E-state index contributed by atoms with van der Waals surface area (Å²) in [6, 6.07) is 12.6. The van der Waals surface area contributed by atoms with Gasteiger partial charge >= 0.3 is 11.8 Å². The van der Waals surface area contributed by atoms with E-state index < -0.39 is 5.91 Å². The summed E-state index contributed by atoms with van der Waals surface area (Å²) in [7, 11) is 0. The minimum Gasteiger partial charge on any atom is -0.382 e. The Bertz CT molecular complexity index is 968. The Morgan fingerprint density at radius 1 is 1.21 bits per heavy atom. The van der Waals surface area contributed by atoms with Crippen LogP contribution in [0.5, 0.6) is 0 Å². The average molecular weight is 383 g/mol. The van der Waals surface area contributed by atoms with Crippen molar-refractivity contribution in [3.8, 4) is 11.3 Å². The zero-order valence-electron chi connectivity index (χ0n) is 15.5. The van der Waals surface area contributed by atoms with Gasteiger partial charge in [0.25, 0.3) is 5.56 Å². The molecule has 146 valence electrons. The van der Waals surface area contributed by atoms with Crippen LogP contribution in [-0.2, 0) is 11.3 Å². The number of ether oxygens (including phenoxy) is 1. The first-order chi connectivity index (χ1) is 13.7. The monoisotopic (exact) mass is 383 g/mol. The van der Waals surface area contributed by atoms with Crippen molar-refractivity contribution >= 4 is 5.91 Å². The van der Waals surface area contributed by atoms with Gasteiger partial charge in [0.2, 0.25) is 0 Å². The first kappa shape index (κ1) is 19.4. The molecule has 0 aliphatic rings. The molecule has 2 heterocycles. The Kier molecular flexibility index (Phi) is 6.64. The number of nitrogens with zero attached hydrogens (tertiary/aromatic N) is 4. The van der Waals surface area contributed by atoms with Gasteiger partial charge < -0.3 is 14.6 Å². The summed E-state index contributed by atoms with van der Waals surface area (Å²) in [4.78, 5) is 28.2. The fourth-order valence-electron chi connectivity index (χ4n) is 2.47. The summed E-state index contributed by atoms with van der Waals surface area (Å²) in [6.07, 6.45) is 0.687. The van der Waals surface area contributed by atoms with Crippen molar-refractivity contribution in [1.82, 2.24) is 25.2 Å². The lowest BCUT2D eigenvalue weighted by Crippen LogP contribution is -2.26. The lowest BCUT2D eigenvalue weighted by atomic mass is 10.1. The summed E-state index contributed by atoms with van der Waals surface area (Å²) in [6.45, 7) is 3.56. The Hall–Kier alpha value is -3.33. The van der Waals surface area contributed by atoms with E-state index in [-0.39, 0.29) is 23.8 Å². The predicted octanol–water partition coefficient (Wildman–Crippen LogP) is 1.50. The van der Waals surface area contributed by atoms with E-state index in [1.807, 2.05) is 37.3 Å². The van der Waals surface area contributed by atoms with Crippen molar-refractivity contribution in [2.24, 2.45) is 0 Å². The second-order valence-corrected chi connectivity index (χ2v) is 5.90. The molecule has 0 radical (unpaired) electrons. The van der Waals surface area contributed by atoms with Crippen LogP contribution in [0.2, 0.25) is 0 Å². The molecule has 3 rings (SSSR count). The molecular formula is C19H21N5O4. The summed E-state index contributed by atoms with van der Waals surface area (Å²) in [5, 5.41) is 10.8. The summed E-state index contributed by atoms with van der Waals surface area (Å²) < 4.78 is 11.4. The highest BCUT2D eigenvalue weighted by atomic mass is 16.5. The SMILES string of the molecule is CCOCCCNC(=O)c1nc(Cn2nc(-c3ccccc3)ccc2=O)no1. The Morgan fingerprint density at radius 3 is 2.82 bits per heavy atom. The van der Waals surface area contributed by atoms with Crippen molar-refractivity contribution < 1.29 is 14.1 Å². The maximum atomic E-state index is 12.1. The van der Waals surface area contributed by atoms with Crippen LogP contribution in [0.3, 0.4) is 0 Å². The summed E-state index contributed by atoms with van der Waals surface area (Å²) in [5.74, 6) is -0.424. The highest BCUT2D eigenvalue weighted by molar-refractivity contribution is 5.89. The van der Waals surface area contributed by atoms with Gasteiger partial charge in [-0.25, -0.2) is 4.68 Å². The van der Waals surface area contributed by atoms with Crippen molar-refractivity contribution in [3.63, 3.8) is 0 Å². The van der Waals surface area contributed by atoms with Gasteiger partial charge in [0, 0.05) is 31.4 Å². The normalized spacial score (nSPS) is 10.8. The molecule has 3 aromatic rings. The number of aromatic nitrogens is 4. The third-order valence-electron chi connectivity index (χ3n) is 3.84. The van der Waals surface area contributed by atoms with Gasteiger partial charge in [-0.15, -0.1) is 0 Å². The highest BCUT2D eigenvalue weighted by Crippen LogP contribution is 2.14. The zero-order chi connectivity index (χ0) is 19.8. The molecule has 28 heavy (non-hydrogen) atoms. The lowest BCUT2D eigenvalue weighted by Gasteiger charge is -2.04. The number of hydrogen-bond acceptors (Lipinski definition) is 7. The van der Waals surface area contributed by atoms with Gasteiger partial charge in [0.05, 0.1) is 5.69 Å². The van der Waals surface area contributed by atoms with E-state index in [2.05, 4.69) is 20.6 Å². The number of benzene rings is 1. The van der Waals surface area contributed by atoms with Crippen LogP contribution in [-0.4, -0.2) is 45.6 Å². The minimum absolute atomic E-state index is 0.000622. The summed E-state index contributed by atoms with van der Waals surface area (Å²) in [5.41, 5.74) is 1.24. The van der Waals surface area contributed by atoms with E-state index in [4.69, 9.17) is 9.26 Å². The van der Waals surface area contributed by atoms with Crippen LogP contribution in [0.25, 0.3) is 11.3 Å². The molecule has 0 saturated heterocycles. The van der Waals surface area contributed by atoms with Crippen LogP contribution in [0, 0.1) is 0 Å². The Labute approximate surface area is 161 Å². The van der Waals surface area contributed by atoms with Crippen LogP contribution >= 0.6 is 0 Å². The van der Waals surface area contributed by atoms with Gasteiger partial charge in [-0.2, -0.15) is 10.1 Å². The number of carbonyl (C=O) groups is 1. The predicted molar refractivity (Wildman–Crippen MR) is 101 cm³/mol. The zero-order valence-corrected chi connectivity index (χ0v) is 15.5. The number of hydrogen-bond donors (Lipinski definition) is 1. The van der Waals surface area contributed by atoms with Gasteiger partial charge in [-0.1, -0.05) is 35.5 Å². The Morgan fingerprint density at radius 2 is 2.04 bits per heavy atom. The van der Waals surface area contributed by atoms with E-state index >= 15 is 0 Å². The fourth-order valence-corrected chi connectivity index (χ4v) is 2.47. The lowest BCUT2D eigenvalue weighted by molar-refractivity contribution is 0.0901. The topological polar surface area (TPSA) is 112 Å². The fraction of sp³-hybridized carbons (Fsp3) is 0.316. The molecule has 2 aromatic heterocycles. The third-order valence-corrected chi connectivity index (χ3v) is 3.84. The molecule has 0 aliphatic heterocycles. The number of amides is 1. The van der Waals surface area contributed by atoms with Crippen molar-refractivity contribution in [2.75, 3.05) is 19.8 Å². The van der Waals surface area contributed by atoms with Gasteiger partial charge in [-0.05, 0) is 19.4 Å². The van der Waals surface area contributed by atoms with Crippen LogP contribution in [0.1, 0.15) is 29.9 Å². The second kappa shape index (κ2) is 9.56. The molecular weight excluding hydrogens is 362 g/mol. The number of nitrogens with one attached hydrogen (secondary N) is 1. The molecule has 1 aromatic carbocycles. The molecule has 0 unspecified atom stereocenters. The molecule has 0 saturated carbocycles. The molecule has 9 nitrogen and oxygen atoms in total. The minimum atomic E-state index is -0.464. The summed E-state index contributed by atoms with van der Waals surface area (Å²) >= 11 is 0. The molecule has 9 heteroatoms. The van der Waals surface area contributed by atoms with Gasteiger partial charge in [0.15, 0.2) is 5.82 Å². The molecule has 1 N–H and O–H groups in total. The highest BCUT2D eigenvalue weighted by Gasteiger charge is 2.15. The molecule has 0 aliphatic carbocycles.